The Morgan fingerprint density at radius 1 is 1.41 bits per heavy atom. The molecule has 1 aromatic rings. The monoisotopic (exact) mass is 263 g/mol. The van der Waals surface area contributed by atoms with Gasteiger partial charge in [0.2, 0.25) is 5.82 Å². The fraction of sp³-hybridized carbons (Fsp3) is 0.400. The topological polar surface area (TPSA) is 63.4 Å². The van der Waals surface area contributed by atoms with Crippen molar-refractivity contribution in [2.75, 3.05) is 0 Å². The maximum Gasteiger partial charge on any atom is 0.318 e. The highest BCUT2D eigenvalue weighted by Crippen LogP contribution is 2.35. The van der Waals surface area contributed by atoms with Crippen molar-refractivity contribution in [3.63, 3.8) is 0 Å². The Bertz CT molecular complexity index is 440. The molecule has 17 heavy (non-hydrogen) atoms. The van der Waals surface area contributed by atoms with Crippen molar-refractivity contribution in [3.8, 4) is 0 Å². The summed E-state index contributed by atoms with van der Waals surface area (Å²) in [6.45, 7) is 3.11. The fourth-order valence-corrected chi connectivity index (χ4v) is 2.17. The third-order valence-corrected chi connectivity index (χ3v) is 3.50. The van der Waals surface area contributed by atoms with Crippen LogP contribution in [-0.2, 0) is 0 Å². The third kappa shape index (κ3) is 3.37. The first-order chi connectivity index (χ1) is 7.82. The molecule has 7 heteroatoms. The van der Waals surface area contributed by atoms with Crippen LogP contribution in [-0.4, -0.2) is 21.4 Å². The molecule has 1 rings (SSSR count). The van der Waals surface area contributed by atoms with Crippen LogP contribution < -0.4 is 0 Å². The highest BCUT2D eigenvalue weighted by Gasteiger charge is 2.24. The molecule has 2 unspecified atom stereocenters. The van der Waals surface area contributed by atoms with Gasteiger partial charge in [0.05, 0.1) is 15.9 Å². The van der Waals surface area contributed by atoms with Gasteiger partial charge in [-0.05, 0) is 13.0 Å². The van der Waals surface area contributed by atoms with Gasteiger partial charge in [0.25, 0.3) is 0 Å². The molecular weight excluding hydrogens is 252 g/mol. The Morgan fingerprint density at radius 3 is 2.47 bits per heavy atom. The second kappa shape index (κ2) is 5.42. The van der Waals surface area contributed by atoms with E-state index < -0.39 is 33.6 Å². The molecule has 0 aliphatic carbocycles. The standard InChI is InChI=1S/C10H11F2NO3S/c1-5(14)6(2)17-9-4-7(11)3-8(12)10(9)13(15)16/h3-6,14H,1-2H3. The van der Waals surface area contributed by atoms with Gasteiger partial charge in [-0.3, -0.25) is 10.1 Å². The van der Waals surface area contributed by atoms with E-state index in [1.165, 1.54) is 6.92 Å². The average Bonchev–Trinajstić information content (AvgIpc) is 2.14. The number of nitro benzene ring substituents is 1. The normalized spacial score (nSPS) is 14.4. The Balaban J connectivity index is 3.17. The van der Waals surface area contributed by atoms with E-state index in [2.05, 4.69) is 0 Å². The minimum absolute atomic E-state index is 0.124. The Labute approximate surface area is 101 Å². The summed E-state index contributed by atoms with van der Waals surface area (Å²) >= 11 is 0.863. The van der Waals surface area contributed by atoms with Crippen LogP contribution >= 0.6 is 11.8 Å². The molecule has 94 valence electrons. The van der Waals surface area contributed by atoms with E-state index in [1.54, 1.807) is 6.92 Å². The van der Waals surface area contributed by atoms with E-state index in [-0.39, 0.29) is 4.90 Å². The highest BCUT2D eigenvalue weighted by molar-refractivity contribution is 8.00. The molecule has 4 nitrogen and oxygen atoms in total. The van der Waals surface area contributed by atoms with Crippen LogP contribution in [0.3, 0.4) is 0 Å². The Kier molecular flexibility index (Phi) is 4.41. The Morgan fingerprint density at radius 2 is 2.00 bits per heavy atom. The van der Waals surface area contributed by atoms with Crippen LogP contribution in [0.4, 0.5) is 14.5 Å². The molecule has 1 aromatic carbocycles. The minimum Gasteiger partial charge on any atom is -0.392 e. The van der Waals surface area contributed by atoms with Crippen molar-refractivity contribution in [2.45, 2.75) is 30.1 Å². The lowest BCUT2D eigenvalue weighted by atomic mass is 10.3. The lowest BCUT2D eigenvalue weighted by Crippen LogP contribution is -2.15. The van der Waals surface area contributed by atoms with Crippen LogP contribution in [0, 0.1) is 21.7 Å². The summed E-state index contributed by atoms with van der Waals surface area (Å²) in [5.74, 6) is -2.09. The van der Waals surface area contributed by atoms with Crippen molar-refractivity contribution in [3.05, 3.63) is 33.9 Å². The zero-order valence-electron chi connectivity index (χ0n) is 9.18. The Hall–Kier alpha value is -1.21. The van der Waals surface area contributed by atoms with Gasteiger partial charge >= 0.3 is 5.69 Å². The predicted octanol–water partition coefficient (Wildman–Crippen LogP) is 2.73. The van der Waals surface area contributed by atoms with Gasteiger partial charge in [-0.2, -0.15) is 4.39 Å². The van der Waals surface area contributed by atoms with E-state index in [4.69, 9.17) is 0 Å². The first kappa shape index (κ1) is 13.9. The van der Waals surface area contributed by atoms with Crippen molar-refractivity contribution in [2.24, 2.45) is 0 Å². The molecule has 2 atom stereocenters. The minimum atomic E-state index is -1.21. The second-order valence-corrected chi connectivity index (χ2v) is 4.97. The first-order valence-corrected chi connectivity index (χ1v) is 5.69. The summed E-state index contributed by atoms with van der Waals surface area (Å²) in [6.07, 6.45) is -0.745. The zero-order chi connectivity index (χ0) is 13.2. The van der Waals surface area contributed by atoms with Crippen LogP contribution in [0.5, 0.6) is 0 Å². The number of thioether (sulfide) groups is 1. The van der Waals surface area contributed by atoms with Crippen molar-refractivity contribution >= 4 is 17.4 Å². The molecule has 0 saturated carbocycles. The predicted molar refractivity (Wildman–Crippen MR) is 60.0 cm³/mol. The summed E-state index contributed by atoms with van der Waals surface area (Å²) in [5.41, 5.74) is -0.760. The maximum atomic E-state index is 13.3. The molecule has 0 aromatic heterocycles. The molecule has 0 fully saturated rings. The molecule has 0 heterocycles. The molecular formula is C10H11F2NO3S. The molecule has 0 bridgehead atoms. The second-order valence-electron chi connectivity index (χ2n) is 3.56. The van der Waals surface area contributed by atoms with Crippen LogP contribution in [0.2, 0.25) is 0 Å². The number of aliphatic hydroxyl groups is 1. The lowest BCUT2D eigenvalue weighted by Gasteiger charge is -2.14. The largest absolute Gasteiger partial charge is 0.392 e. The zero-order valence-corrected chi connectivity index (χ0v) is 10.0. The van der Waals surface area contributed by atoms with Crippen LogP contribution in [0.1, 0.15) is 13.8 Å². The maximum absolute atomic E-state index is 13.3. The molecule has 0 radical (unpaired) electrons. The summed E-state index contributed by atoms with van der Waals surface area (Å²) in [7, 11) is 0. The molecule has 0 saturated heterocycles. The van der Waals surface area contributed by atoms with E-state index in [1.807, 2.05) is 0 Å². The SMILES string of the molecule is CC(O)C(C)Sc1cc(F)cc(F)c1[N+](=O)[O-]. The van der Waals surface area contributed by atoms with Crippen LogP contribution in [0.15, 0.2) is 17.0 Å². The molecule has 0 amide bonds. The molecule has 0 aliphatic heterocycles. The van der Waals surface area contributed by atoms with Gasteiger partial charge in [0.15, 0.2) is 0 Å². The number of halogens is 2. The third-order valence-electron chi connectivity index (χ3n) is 2.17. The van der Waals surface area contributed by atoms with E-state index in [0.717, 1.165) is 17.8 Å². The van der Waals surface area contributed by atoms with Gasteiger partial charge in [0.1, 0.15) is 5.82 Å². The van der Waals surface area contributed by atoms with Crippen LogP contribution in [0.25, 0.3) is 0 Å². The number of benzene rings is 1. The number of hydrogen-bond acceptors (Lipinski definition) is 4. The van der Waals surface area contributed by atoms with Crippen molar-refractivity contribution < 1.29 is 18.8 Å². The smallest absolute Gasteiger partial charge is 0.318 e. The van der Waals surface area contributed by atoms with E-state index in [0.29, 0.717) is 6.07 Å². The van der Waals surface area contributed by atoms with Gasteiger partial charge in [-0.15, -0.1) is 11.8 Å². The number of nitro groups is 1. The van der Waals surface area contributed by atoms with Crippen molar-refractivity contribution in [1.29, 1.82) is 0 Å². The average molecular weight is 263 g/mol. The van der Waals surface area contributed by atoms with Crippen molar-refractivity contribution in [1.82, 2.24) is 0 Å². The quantitative estimate of drug-likeness (QED) is 0.515. The fourth-order valence-electron chi connectivity index (χ4n) is 1.11. The number of hydrogen-bond donors (Lipinski definition) is 1. The summed E-state index contributed by atoms with van der Waals surface area (Å²) in [5, 5.41) is 19.5. The highest BCUT2D eigenvalue weighted by atomic mass is 32.2. The van der Waals surface area contributed by atoms with E-state index in [9.17, 15) is 24.0 Å². The number of aliphatic hydroxyl groups excluding tert-OH is 1. The molecule has 0 spiro atoms. The molecule has 0 aliphatic rings. The van der Waals surface area contributed by atoms with Gasteiger partial charge in [-0.1, -0.05) is 6.92 Å². The van der Waals surface area contributed by atoms with Gasteiger partial charge in [0, 0.05) is 11.3 Å². The molecule has 1 N–H and O–H groups in total. The summed E-state index contributed by atoms with van der Waals surface area (Å²) in [6, 6.07) is 1.36. The number of rotatable bonds is 4. The lowest BCUT2D eigenvalue weighted by molar-refractivity contribution is -0.390. The van der Waals surface area contributed by atoms with Gasteiger partial charge < -0.3 is 5.11 Å². The first-order valence-electron chi connectivity index (χ1n) is 4.81. The number of nitrogens with zero attached hydrogens (tertiary/aromatic N) is 1. The summed E-state index contributed by atoms with van der Waals surface area (Å²) in [4.78, 5) is 9.65. The van der Waals surface area contributed by atoms with Gasteiger partial charge in [-0.25, -0.2) is 4.39 Å². The van der Waals surface area contributed by atoms with E-state index >= 15 is 0 Å². The summed E-state index contributed by atoms with van der Waals surface area (Å²) < 4.78 is 26.2.